The lowest BCUT2D eigenvalue weighted by atomic mass is 9.96. The van der Waals surface area contributed by atoms with Crippen molar-refractivity contribution in [3.8, 4) is 0 Å². The molecule has 0 radical (unpaired) electrons. The van der Waals surface area contributed by atoms with Gasteiger partial charge in [0.05, 0.1) is 28.3 Å². The van der Waals surface area contributed by atoms with Crippen LogP contribution in [0.3, 0.4) is 0 Å². The number of carbonyl (C=O) groups is 1. The number of amides is 1. The fourth-order valence-electron chi connectivity index (χ4n) is 4.20. The first-order valence-corrected chi connectivity index (χ1v) is 11.5. The highest BCUT2D eigenvalue weighted by Crippen LogP contribution is 2.31. The highest BCUT2D eigenvalue weighted by Gasteiger charge is 2.27. The van der Waals surface area contributed by atoms with Crippen LogP contribution in [0.4, 0.5) is 5.69 Å². The summed E-state index contributed by atoms with van der Waals surface area (Å²) in [5.41, 5.74) is 3.31. The molecule has 152 valence electrons. The van der Waals surface area contributed by atoms with E-state index < -0.39 is 0 Å². The predicted octanol–water partition coefficient (Wildman–Crippen LogP) is 4.21. The van der Waals surface area contributed by atoms with Gasteiger partial charge in [-0.3, -0.25) is 4.79 Å². The van der Waals surface area contributed by atoms with E-state index in [0.29, 0.717) is 18.4 Å². The van der Waals surface area contributed by atoms with Gasteiger partial charge in [0.2, 0.25) is 0 Å². The summed E-state index contributed by atoms with van der Waals surface area (Å²) < 4.78 is 1.27. The van der Waals surface area contributed by atoms with Gasteiger partial charge in [0.1, 0.15) is 0 Å². The van der Waals surface area contributed by atoms with Gasteiger partial charge >= 0.3 is 0 Å². The van der Waals surface area contributed by atoms with Gasteiger partial charge < -0.3 is 10.2 Å². The van der Waals surface area contributed by atoms with Gasteiger partial charge in [0.15, 0.2) is 6.54 Å². The Morgan fingerprint density at radius 1 is 1.17 bits per heavy atom. The van der Waals surface area contributed by atoms with E-state index in [0.717, 1.165) is 43.6 Å². The number of hydrogen-bond donors (Lipinski definition) is 2. The average Bonchev–Trinajstić information content (AvgIpc) is 3.18. The molecule has 2 aromatic carbocycles. The number of para-hydroxylation sites is 2. The first-order valence-electron chi connectivity index (χ1n) is 10.7. The smallest absolute Gasteiger partial charge is 0.279 e. The summed E-state index contributed by atoms with van der Waals surface area (Å²) in [5.74, 6) is 1.10. The molecule has 4 rings (SSSR count). The lowest BCUT2D eigenvalue weighted by Gasteiger charge is -2.28. The van der Waals surface area contributed by atoms with Crippen molar-refractivity contribution in [2.45, 2.75) is 44.9 Å². The summed E-state index contributed by atoms with van der Waals surface area (Å²) >= 11 is 1.83. The molecule has 29 heavy (non-hydrogen) atoms. The van der Waals surface area contributed by atoms with E-state index in [1.54, 1.807) is 0 Å². The maximum Gasteiger partial charge on any atom is 0.279 e. The number of nitrogens with one attached hydrogen (secondary N) is 2. The highest BCUT2D eigenvalue weighted by molar-refractivity contribution is 7.18. The van der Waals surface area contributed by atoms with Crippen molar-refractivity contribution < 1.29 is 9.69 Å². The van der Waals surface area contributed by atoms with E-state index in [2.05, 4.69) is 55.6 Å². The van der Waals surface area contributed by atoms with Crippen LogP contribution in [-0.4, -0.2) is 30.5 Å². The molecule has 2 heterocycles. The van der Waals surface area contributed by atoms with Crippen LogP contribution < -0.4 is 10.2 Å². The summed E-state index contributed by atoms with van der Waals surface area (Å²) in [6.45, 7) is 7.00. The molecule has 5 heteroatoms. The first kappa shape index (κ1) is 20.0. The number of nitrogens with zero attached hydrogens (tertiary/aromatic N) is 1. The van der Waals surface area contributed by atoms with Crippen LogP contribution in [0.15, 0.2) is 48.5 Å². The molecule has 1 atom stereocenters. The molecular formula is C24H30N3OS+. The van der Waals surface area contributed by atoms with Gasteiger partial charge in [0.25, 0.3) is 5.91 Å². The van der Waals surface area contributed by atoms with Crippen LogP contribution in [0.5, 0.6) is 0 Å². The fraction of sp³-hybridized carbons (Fsp3) is 0.417. The zero-order valence-corrected chi connectivity index (χ0v) is 18.1. The van der Waals surface area contributed by atoms with Gasteiger partial charge in [-0.1, -0.05) is 44.2 Å². The second-order valence-corrected chi connectivity index (χ2v) is 9.23. The summed E-state index contributed by atoms with van der Waals surface area (Å²) in [7, 11) is 0. The van der Waals surface area contributed by atoms with Crippen LogP contribution in [0, 0.1) is 0 Å². The number of benzene rings is 2. The van der Waals surface area contributed by atoms with E-state index in [-0.39, 0.29) is 5.91 Å². The Kier molecular flexibility index (Phi) is 6.26. The Hall–Kier alpha value is -2.24. The van der Waals surface area contributed by atoms with Crippen molar-refractivity contribution in [2.24, 2.45) is 0 Å². The zero-order chi connectivity index (χ0) is 20.2. The second-order valence-electron chi connectivity index (χ2n) is 8.17. The molecule has 0 unspecified atom stereocenters. The normalized spacial score (nSPS) is 20.5. The summed E-state index contributed by atoms with van der Waals surface area (Å²) in [6.07, 6.45) is 3.27. The Labute approximate surface area is 177 Å². The second kappa shape index (κ2) is 9.06. The molecule has 2 N–H and O–H groups in total. The standard InChI is InChI=1S/C24H29N3OS/c1-3-17(2)19-8-4-5-9-20(19)25-23(28)16-27-14-12-18(13-15-27)24-26-21-10-6-7-11-22(21)29-24/h4-11,17-18H,3,12-16H2,1-2H3,(H,25,28)/p+1/t17-/m1/s1. The fourth-order valence-corrected chi connectivity index (χ4v) is 5.33. The van der Waals surface area contributed by atoms with E-state index in [1.807, 2.05) is 23.5 Å². The minimum absolute atomic E-state index is 0.120. The predicted molar refractivity (Wildman–Crippen MR) is 121 cm³/mol. The molecule has 3 aromatic rings. The molecule has 1 aliphatic heterocycles. The largest absolute Gasteiger partial charge is 0.327 e. The molecule has 0 aliphatic carbocycles. The maximum atomic E-state index is 12.7. The van der Waals surface area contributed by atoms with Gasteiger partial charge in [-0.2, -0.15) is 0 Å². The highest BCUT2D eigenvalue weighted by atomic mass is 32.1. The van der Waals surface area contributed by atoms with Crippen LogP contribution in [0.1, 0.15) is 55.5 Å². The maximum absolute atomic E-state index is 12.7. The molecule has 0 bridgehead atoms. The Bertz CT molecular complexity index is 942. The quantitative estimate of drug-likeness (QED) is 0.642. The number of carbonyl (C=O) groups excluding carboxylic acids is 1. The lowest BCUT2D eigenvalue weighted by Crippen LogP contribution is -3.14. The Morgan fingerprint density at radius 2 is 1.90 bits per heavy atom. The van der Waals surface area contributed by atoms with Crippen molar-refractivity contribution in [3.05, 3.63) is 59.1 Å². The molecule has 4 nitrogen and oxygen atoms in total. The van der Waals surface area contributed by atoms with Crippen molar-refractivity contribution >= 4 is 33.1 Å². The topological polar surface area (TPSA) is 46.4 Å². The Morgan fingerprint density at radius 3 is 2.66 bits per heavy atom. The number of fused-ring (bicyclic) bond motifs is 1. The van der Waals surface area contributed by atoms with Crippen LogP contribution in [-0.2, 0) is 4.79 Å². The van der Waals surface area contributed by atoms with Gasteiger partial charge in [-0.05, 0) is 36.1 Å². The number of rotatable bonds is 6. The number of likely N-dealkylation sites (tertiary alicyclic amines) is 1. The van der Waals surface area contributed by atoms with Crippen molar-refractivity contribution in [1.29, 1.82) is 0 Å². The Balaban J connectivity index is 1.32. The molecule has 1 saturated heterocycles. The summed E-state index contributed by atoms with van der Waals surface area (Å²) in [5, 5.41) is 4.42. The molecule has 1 aliphatic rings. The molecule has 0 saturated carbocycles. The SMILES string of the molecule is CC[C@@H](C)c1ccccc1NC(=O)C[NH+]1CCC(c2nc3ccccc3s2)CC1. The number of thiazole rings is 1. The number of piperidine rings is 1. The third-order valence-electron chi connectivity index (χ3n) is 6.14. The van der Waals surface area contributed by atoms with Crippen LogP contribution >= 0.6 is 11.3 Å². The monoisotopic (exact) mass is 408 g/mol. The molecule has 1 aromatic heterocycles. The number of anilines is 1. The third kappa shape index (κ3) is 4.68. The summed E-state index contributed by atoms with van der Waals surface area (Å²) in [6, 6.07) is 16.6. The number of hydrogen-bond acceptors (Lipinski definition) is 3. The first-order chi connectivity index (χ1) is 14.1. The van der Waals surface area contributed by atoms with Crippen LogP contribution in [0.2, 0.25) is 0 Å². The van der Waals surface area contributed by atoms with E-state index >= 15 is 0 Å². The third-order valence-corrected chi connectivity index (χ3v) is 7.34. The number of quaternary nitrogens is 1. The minimum atomic E-state index is 0.120. The van der Waals surface area contributed by atoms with E-state index in [1.165, 1.54) is 20.2 Å². The molecule has 0 spiro atoms. The van der Waals surface area contributed by atoms with Gasteiger partial charge in [-0.15, -0.1) is 11.3 Å². The number of aromatic nitrogens is 1. The molecule has 1 amide bonds. The zero-order valence-electron chi connectivity index (χ0n) is 17.3. The molecular weight excluding hydrogens is 378 g/mol. The van der Waals surface area contributed by atoms with Gasteiger partial charge in [-0.25, -0.2) is 4.98 Å². The van der Waals surface area contributed by atoms with Crippen molar-refractivity contribution in [2.75, 3.05) is 25.0 Å². The van der Waals surface area contributed by atoms with Crippen molar-refractivity contribution in [1.82, 2.24) is 4.98 Å². The summed E-state index contributed by atoms with van der Waals surface area (Å²) in [4.78, 5) is 18.9. The van der Waals surface area contributed by atoms with E-state index in [9.17, 15) is 4.79 Å². The van der Waals surface area contributed by atoms with Crippen LogP contribution in [0.25, 0.3) is 10.2 Å². The lowest BCUT2D eigenvalue weighted by molar-refractivity contribution is -0.897. The average molecular weight is 409 g/mol. The van der Waals surface area contributed by atoms with E-state index in [4.69, 9.17) is 4.98 Å². The minimum Gasteiger partial charge on any atom is -0.327 e. The molecule has 1 fully saturated rings. The van der Waals surface area contributed by atoms with Crippen molar-refractivity contribution in [3.63, 3.8) is 0 Å². The van der Waals surface area contributed by atoms with Gasteiger partial charge in [0, 0.05) is 24.4 Å².